The summed E-state index contributed by atoms with van der Waals surface area (Å²) in [5.41, 5.74) is 1.40. The molecule has 0 N–H and O–H groups in total. The van der Waals surface area contributed by atoms with Crippen LogP contribution in [0.2, 0.25) is 0 Å². The Hall–Kier alpha value is -2.61. The molecule has 3 rings (SSSR count). The van der Waals surface area contributed by atoms with E-state index in [-0.39, 0.29) is 0 Å². The van der Waals surface area contributed by atoms with Gasteiger partial charge in [0, 0.05) is 13.1 Å². The molecule has 1 saturated heterocycles. The molecule has 0 saturated carbocycles. The summed E-state index contributed by atoms with van der Waals surface area (Å²) >= 11 is 0. The minimum Gasteiger partial charge on any atom is -0.363 e. The minimum atomic E-state index is 0.493. The third-order valence-corrected chi connectivity index (χ3v) is 3.60. The highest BCUT2D eigenvalue weighted by molar-refractivity contribution is 5.64. The second-order valence-corrected chi connectivity index (χ2v) is 5.08. The van der Waals surface area contributed by atoms with E-state index in [4.69, 9.17) is 0 Å². The van der Waals surface area contributed by atoms with Gasteiger partial charge in [-0.1, -0.05) is 18.2 Å². The van der Waals surface area contributed by atoms with Crippen LogP contribution in [0.5, 0.6) is 0 Å². The number of piperidine rings is 1. The van der Waals surface area contributed by atoms with Gasteiger partial charge >= 0.3 is 0 Å². The van der Waals surface area contributed by atoms with Crippen molar-refractivity contribution in [3.05, 3.63) is 42.1 Å². The predicted octanol–water partition coefficient (Wildman–Crippen LogP) is 2.89. The molecular weight excluding hydrogens is 262 g/mol. The number of para-hydroxylation sites is 1. The molecule has 0 radical (unpaired) electrons. The average Bonchev–Trinajstić information content (AvgIpc) is 2.97. The molecule has 0 aliphatic carbocycles. The number of nitrogens with zero attached hydrogens (tertiary/aromatic N) is 5. The molecule has 0 amide bonds. The molecule has 0 unspecified atom stereocenters. The van der Waals surface area contributed by atoms with Gasteiger partial charge in [0.25, 0.3) is 0 Å². The third kappa shape index (κ3) is 2.95. The molecule has 1 aromatic heterocycles. The van der Waals surface area contributed by atoms with E-state index in [2.05, 4.69) is 21.1 Å². The second-order valence-electron chi connectivity index (χ2n) is 5.08. The van der Waals surface area contributed by atoms with E-state index in [0.29, 0.717) is 11.4 Å². The van der Waals surface area contributed by atoms with Crippen LogP contribution < -0.4 is 0 Å². The van der Waals surface area contributed by atoms with E-state index >= 15 is 0 Å². The Morgan fingerprint density at radius 2 is 1.90 bits per heavy atom. The summed E-state index contributed by atoms with van der Waals surface area (Å²) in [5, 5.41) is 13.5. The van der Waals surface area contributed by atoms with Gasteiger partial charge < -0.3 is 4.90 Å². The molecule has 5 heteroatoms. The van der Waals surface area contributed by atoms with Crippen molar-refractivity contribution < 1.29 is 0 Å². The molecule has 5 nitrogen and oxygen atoms in total. The number of benzene rings is 1. The topological polar surface area (TPSA) is 57.2 Å². The first-order valence-electron chi connectivity index (χ1n) is 7.20. The van der Waals surface area contributed by atoms with Gasteiger partial charge in [0.05, 0.1) is 18.2 Å². The lowest BCUT2D eigenvalue weighted by Crippen LogP contribution is -2.28. The molecule has 106 valence electrons. The van der Waals surface area contributed by atoms with Crippen LogP contribution in [0.25, 0.3) is 5.69 Å². The molecule has 1 fully saturated rings. The van der Waals surface area contributed by atoms with Crippen LogP contribution in [-0.4, -0.2) is 34.1 Å². The van der Waals surface area contributed by atoms with Crippen LogP contribution in [0, 0.1) is 11.3 Å². The van der Waals surface area contributed by atoms with Crippen molar-refractivity contribution in [3.8, 4) is 11.8 Å². The molecule has 2 aromatic rings. The number of hydrogen-bond donors (Lipinski definition) is 0. The molecule has 2 heterocycles. The fourth-order valence-corrected chi connectivity index (χ4v) is 2.47. The quantitative estimate of drug-likeness (QED) is 0.641. The van der Waals surface area contributed by atoms with Gasteiger partial charge in [-0.05, 0) is 31.4 Å². The van der Waals surface area contributed by atoms with Gasteiger partial charge in [-0.3, -0.25) is 0 Å². The smallest absolute Gasteiger partial charge is 0.175 e. The number of likely N-dealkylation sites (tertiary alicyclic amines) is 1. The van der Waals surface area contributed by atoms with E-state index in [1.54, 1.807) is 10.9 Å². The lowest BCUT2D eigenvalue weighted by molar-refractivity contribution is 0.351. The van der Waals surface area contributed by atoms with Crippen molar-refractivity contribution in [1.82, 2.24) is 14.7 Å². The average molecular weight is 279 g/mol. The van der Waals surface area contributed by atoms with Crippen molar-refractivity contribution in [2.45, 2.75) is 19.3 Å². The largest absolute Gasteiger partial charge is 0.363 e. The second kappa shape index (κ2) is 6.23. The number of aromatic nitrogens is 2. The Bertz CT molecular complexity index is 660. The van der Waals surface area contributed by atoms with Crippen molar-refractivity contribution in [3.63, 3.8) is 0 Å². The highest BCUT2D eigenvalue weighted by Crippen LogP contribution is 2.22. The van der Waals surface area contributed by atoms with Crippen molar-refractivity contribution >= 4 is 12.2 Å². The molecule has 0 atom stereocenters. The molecule has 0 bridgehead atoms. The SMILES string of the molecule is N#Cc1cnn(-c2ccccc2)c1N=CN1CCCCC1. The summed E-state index contributed by atoms with van der Waals surface area (Å²) in [5.74, 6) is 0.592. The highest BCUT2D eigenvalue weighted by atomic mass is 15.3. The Labute approximate surface area is 124 Å². The summed E-state index contributed by atoms with van der Waals surface area (Å²) in [6, 6.07) is 11.9. The third-order valence-electron chi connectivity index (χ3n) is 3.60. The van der Waals surface area contributed by atoms with E-state index < -0.39 is 0 Å². The highest BCUT2D eigenvalue weighted by Gasteiger charge is 2.12. The standard InChI is InChI=1S/C16H17N5/c17-11-14-12-19-21(15-7-3-1-4-8-15)16(14)18-13-20-9-5-2-6-10-20/h1,3-4,7-8,12-13H,2,5-6,9-10H2. The normalized spacial score (nSPS) is 15.3. The Kier molecular flexibility index (Phi) is 3.97. The molecule has 1 aliphatic heterocycles. The van der Waals surface area contributed by atoms with Crippen LogP contribution in [0.1, 0.15) is 24.8 Å². The Morgan fingerprint density at radius 1 is 1.14 bits per heavy atom. The van der Waals surface area contributed by atoms with Gasteiger partial charge in [-0.25, -0.2) is 9.67 Å². The van der Waals surface area contributed by atoms with Gasteiger partial charge in [-0.2, -0.15) is 10.4 Å². The molecular formula is C16H17N5. The van der Waals surface area contributed by atoms with Crippen LogP contribution in [0.15, 0.2) is 41.5 Å². The summed E-state index contributed by atoms with van der Waals surface area (Å²) in [7, 11) is 0. The summed E-state index contributed by atoms with van der Waals surface area (Å²) in [6.07, 6.45) is 7.10. The fraction of sp³-hybridized carbons (Fsp3) is 0.312. The maximum absolute atomic E-state index is 9.22. The van der Waals surface area contributed by atoms with Crippen LogP contribution >= 0.6 is 0 Å². The first-order chi connectivity index (χ1) is 10.4. The fourth-order valence-electron chi connectivity index (χ4n) is 2.47. The first-order valence-corrected chi connectivity index (χ1v) is 7.20. The maximum Gasteiger partial charge on any atom is 0.175 e. The summed E-state index contributed by atoms with van der Waals surface area (Å²) in [4.78, 5) is 6.72. The molecule has 1 aliphatic rings. The minimum absolute atomic E-state index is 0.493. The van der Waals surface area contributed by atoms with E-state index in [1.165, 1.54) is 19.3 Å². The van der Waals surface area contributed by atoms with Crippen molar-refractivity contribution in [2.24, 2.45) is 4.99 Å². The van der Waals surface area contributed by atoms with Gasteiger partial charge in [0.15, 0.2) is 5.82 Å². The van der Waals surface area contributed by atoms with Gasteiger partial charge in [0.2, 0.25) is 0 Å². The van der Waals surface area contributed by atoms with E-state index in [1.807, 2.05) is 36.7 Å². The lowest BCUT2D eigenvalue weighted by Gasteiger charge is -2.23. The number of aliphatic imine (C=N–C) groups is 1. The first kappa shape index (κ1) is 13.4. The van der Waals surface area contributed by atoms with Crippen LogP contribution in [0.4, 0.5) is 5.82 Å². The summed E-state index contributed by atoms with van der Waals surface area (Å²) in [6.45, 7) is 2.07. The van der Waals surface area contributed by atoms with Crippen LogP contribution in [-0.2, 0) is 0 Å². The molecule has 21 heavy (non-hydrogen) atoms. The summed E-state index contributed by atoms with van der Waals surface area (Å²) < 4.78 is 1.71. The maximum atomic E-state index is 9.22. The number of rotatable bonds is 3. The monoisotopic (exact) mass is 279 g/mol. The zero-order valence-corrected chi connectivity index (χ0v) is 11.8. The van der Waals surface area contributed by atoms with E-state index in [0.717, 1.165) is 18.8 Å². The van der Waals surface area contributed by atoms with Crippen molar-refractivity contribution in [2.75, 3.05) is 13.1 Å². The van der Waals surface area contributed by atoms with Gasteiger partial charge in [-0.15, -0.1) is 0 Å². The Morgan fingerprint density at radius 3 is 2.62 bits per heavy atom. The van der Waals surface area contributed by atoms with Crippen molar-refractivity contribution in [1.29, 1.82) is 5.26 Å². The molecule has 1 aromatic carbocycles. The number of hydrogen-bond acceptors (Lipinski definition) is 3. The Balaban J connectivity index is 1.91. The zero-order chi connectivity index (χ0) is 14.5. The van der Waals surface area contributed by atoms with Crippen LogP contribution in [0.3, 0.4) is 0 Å². The number of nitriles is 1. The predicted molar refractivity (Wildman–Crippen MR) is 81.9 cm³/mol. The van der Waals surface area contributed by atoms with E-state index in [9.17, 15) is 5.26 Å². The zero-order valence-electron chi connectivity index (χ0n) is 11.8. The van der Waals surface area contributed by atoms with Gasteiger partial charge in [0.1, 0.15) is 11.6 Å². The molecule has 0 spiro atoms. The lowest BCUT2D eigenvalue weighted by atomic mass is 10.1.